The second kappa shape index (κ2) is 7.17. The molecule has 2 aromatic rings. The minimum absolute atomic E-state index is 0.196. The minimum Gasteiger partial charge on any atom is -0.392 e. The first kappa shape index (κ1) is 17.9. The molecule has 4 nitrogen and oxygen atoms in total. The highest BCUT2D eigenvalue weighted by Crippen LogP contribution is 2.36. The summed E-state index contributed by atoms with van der Waals surface area (Å²) < 4.78 is 40.7. The van der Waals surface area contributed by atoms with Crippen LogP contribution in [0.15, 0.2) is 36.7 Å². The van der Waals surface area contributed by atoms with Crippen LogP contribution in [0.5, 0.6) is 0 Å². The SMILES string of the molecule is CCn1cc(CCN2C[C@H](O)C[C@H]2c2cccc(C(F)(F)F)c2)cn1. The van der Waals surface area contributed by atoms with Crippen molar-refractivity contribution < 1.29 is 18.3 Å². The summed E-state index contributed by atoms with van der Waals surface area (Å²) in [7, 11) is 0. The molecule has 1 aromatic carbocycles. The lowest BCUT2D eigenvalue weighted by Crippen LogP contribution is -2.27. The number of nitrogens with zero attached hydrogens (tertiary/aromatic N) is 3. The van der Waals surface area contributed by atoms with Gasteiger partial charge in [-0.15, -0.1) is 0 Å². The highest BCUT2D eigenvalue weighted by molar-refractivity contribution is 5.29. The molecule has 1 N–H and O–H groups in total. The van der Waals surface area contributed by atoms with Gasteiger partial charge in [0, 0.05) is 31.9 Å². The van der Waals surface area contributed by atoms with E-state index in [2.05, 4.69) is 10.00 Å². The number of rotatable bonds is 5. The smallest absolute Gasteiger partial charge is 0.392 e. The van der Waals surface area contributed by atoms with Gasteiger partial charge < -0.3 is 5.11 Å². The summed E-state index contributed by atoms with van der Waals surface area (Å²) in [6.07, 6.45) is 0.129. The van der Waals surface area contributed by atoms with E-state index < -0.39 is 17.8 Å². The number of benzene rings is 1. The summed E-state index contributed by atoms with van der Waals surface area (Å²) in [5.74, 6) is 0. The third-order valence-corrected chi connectivity index (χ3v) is 4.68. The molecular formula is C18H22F3N3O. The van der Waals surface area contributed by atoms with Gasteiger partial charge in [0.25, 0.3) is 0 Å². The molecular weight excluding hydrogens is 331 g/mol. The fraction of sp³-hybridized carbons (Fsp3) is 0.500. The van der Waals surface area contributed by atoms with Crippen molar-refractivity contribution in [1.82, 2.24) is 14.7 Å². The van der Waals surface area contributed by atoms with Crippen molar-refractivity contribution in [3.8, 4) is 0 Å². The Hall–Kier alpha value is -1.86. The summed E-state index contributed by atoms with van der Waals surface area (Å²) in [5.41, 5.74) is 1.05. The molecule has 0 saturated carbocycles. The van der Waals surface area contributed by atoms with Crippen LogP contribution in [0.2, 0.25) is 0 Å². The van der Waals surface area contributed by atoms with E-state index in [0.29, 0.717) is 25.1 Å². The van der Waals surface area contributed by atoms with Gasteiger partial charge in [0.1, 0.15) is 0 Å². The van der Waals surface area contributed by atoms with E-state index in [0.717, 1.165) is 24.6 Å². The van der Waals surface area contributed by atoms with Crippen molar-refractivity contribution in [2.75, 3.05) is 13.1 Å². The first-order valence-corrected chi connectivity index (χ1v) is 8.47. The van der Waals surface area contributed by atoms with Crippen molar-refractivity contribution in [3.05, 3.63) is 53.3 Å². The lowest BCUT2D eigenvalue weighted by atomic mass is 10.0. The topological polar surface area (TPSA) is 41.3 Å². The van der Waals surface area contributed by atoms with Crippen LogP contribution in [0.1, 0.15) is 36.1 Å². The molecule has 1 saturated heterocycles. The first-order valence-electron chi connectivity index (χ1n) is 8.47. The summed E-state index contributed by atoms with van der Waals surface area (Å²) in [5, 5.41) is 14.3. The Kier molecular flexibility index (Phi) is 5.15. The van der Waals surface area contributed by atoms with Gasteiger partial charge in [-0.05, 0) is 43.0 Å². The van der Waals surface area contributed by atoms with Gasteiger partial charge in [0.15, 0.2) is 0 Å². The van der Waals surface area contributed by atoms with Crippen molar-refractivity contribution in [2.45, 2.75) is 44.6 Å². The largest absolute Gasteiger partial charge is 0.416 e. The molecule has 7 heteroatoms. The molecule has 1 fully saturated rings. The van der Waals surface area contributed by atoms with Crippen molar-refractivity contribution in [1.29, 1.82) is 0 Å². The second-order valence-electron chi connectivity index (χ2n) is 6.48. The quantitative estimate of drug-likeness (QED) is 0.897. The van der Waals surface area contributed by atoms with Crippen LogP contribution in [0.4, 0.5) is 13.2 Å². The van der Waals surface area contributed by atoms with Gasteiger partial charge in [-0.25, -0.2) is 0 Å². The maximum atomic E-state index is 13.0. The number of hydrogen-bond acceptors (Lipinski definition) is 3. The molecule has 25 heavy (non-hydrogen) atoms. The van der Waals surface area contributed by atoms with Crippen LogP contribution in [0, 0.1) is 0 Å². The third-order valence-electron chi connectivity index (χ3n) is 4.68. The van der Waals surface area contributed by atoms with Crippen molar-refractivity contribution in [2.24, 2.45) is 0 Å². The van der Waals surface area contributed by atoms with E-state index in [9.17, 15) is 18.3 Å². The molecule has 2 heterocycles. The number of aromatic nitrogens is 2. The number of β-amino-alcohol motifs (C(OH)–C–C–N with tert-alkyl or cyclic N) is 1. The highest BCUT2D eigenvalue weighted by Gasteiger charge is 2.35. The first-order chi connectivity index (χ1) is 11.9. The van der Waals surface area contributed by atoms with E-state index in [1.807, 2.05) is 24.0 Å². The lowest BCUT2D eigenvalue weighted by Gasteiger charge is -2.25. The third kappa shape index (κ3) is 4.22. The standard InChI is InChI=1S/C18H22F3N3O/c1-2-24-11-13(10-22-24)6-7-23-12-16(25)9-17(23)14-4-3-5-15(8-14)18(19,20)21/h3-5,8,10-11,16-17,25H,2,6-7,9,12H2,1H3/t16-,17+/m1/s1. The Labute approximate surface area is 144 Å². The zero-order valence-electron chi connectivity index (χ0n) is 14.1. The number of likely N-dealkylation sites (tertiary alicyclic amines) is 1. The molecule has 136 valence electrons. The van der Waals surface area contributed by atoms with E-state index in [1.54, 1.807) is 6.07 Å². The van der Waals surface area contributed by atoms with E-state index in [-0.39, 0.29) is 6.04 Å². The monoisotopic (exact) mass is 353 g/mol. The van der Waals surface area contributed by atoms with Crippen LogP contribution in [0.25, 0.3) is 0 Å². The Morgan fingerprint density at radius 2 is 2.12 bits per heavy atom. The van der Waals surface area contributed by atoms with Crippen LogP contribution in [0.3, 0.4) is 0 Å². The maximum Gasteiger partial charge on any atom is 0.416 e. The predicted octanol–water partition coefficient (Wildman–Crippen LogP) is 3.27. The Balaban J connectivity index is 1.73. The number of halogens is 3. The van der Waals surface area contributed by atoms with E-state index >= 15 is 0 Å². The molecule has 2 atom stereocenters. The van der Waals surface area contributed by atoms with Gasteiger partial charge >= 0.3 is 6.18 Å². The number of aryl methyl sites for hydroxylation is 1. The summed E-state index contributed by atoms with van der Waals surface area (Å²) >= 11 is 0. The zero-order chi connectivity index (χ0) is 18.0. The van der Waals surface area contributed by atoms with Crippen LogP contribution in [-0.4, -0.2) is 39.0 Å². The summed E-state index contributed by atoms with van der Waals surface area (Å²) in [6, 6.07) is 5.23. The van der Waals surface area contributed by atoms with Crippen LogP contribution in [-0.2, 0) is 19.1 Å². The minimum atomic E-state index is -4.35. The molecule has 1 aliphatic heterocycles. The molecule has 0 unspecified atom stereocenters. The van der Waals surface area contributed by atoms with Crippen molar-refractivity contribution in [3.63, 3.8) is 0 Å². The second-order valence-corrected chi connectivity index (χ2v) is 6.48. The average molecular weight is 353 g/mol. The lowest BCUT2D eigenvalue weighted by molar-refractivity contribution is -0.137. The Bertz CT molecular complexity index is 714. The molecule has 1 aliphatic rings. The van der Waals surface area contributed by atoms with Gasteiger partial charge in [0.05, 0.1) is 17.9 Å². The molecule has 0 amide bonds. The van der Waals surface area contributed by atoms with Gasteiger partial charge in [-0.1, -0.05) is 12.1 Å². The highest BCUT2D eigenvalue weighted by atomic mass is 19.4. The maximum absolute atomic E-state index is 13.0. The fourth-order valence-electron chi connectivity index (χ4n) is 3.38. The van der Waals surface area contributed by atoms with Crippen LogP contribution < -0.4 is 0 Å². The fourth-order valence-corrected chi connectivity index (χ4v) is 3.38. The summed E-state index contributed by atoms with van der Waals surface area (Å²) in [4.78, 5) is 2.06. The normalized spacial score (nSPS) is 21.8. The number of aliphatic hydroxyl groups excluding tert-OH is 1. The Morgan fingerprint density at radius 3 is 2.80 bits per heavy atom. The Morgan fingerprint density at radius 1 is 1.32 bits per heavy atom. The number of hydrogen-bond donors (Lipinski definition) is 1. The van der Waals surface area contributed by atoms with Crippen molar-refractivity contribution >= 4 is 0 Å². The molecule has 0 radical (unpaired) electrons. The average Bonchev–Trinajstić information content (AvgIpc) is 3.18. The number of aliphatic hydroxyl groups is 1. The molecule has 1 aromatic heterocycles. The molecule has 0 aliphatic carbocycles. The summed E-state index contributed by atoms with van der Waals surface area (Å²) in [6.45, 7) is 3.96. The van der Waals surface area contributed by atoms with Gasteiger partial charge in [0.2, 0.25) is 0 Å². The molecule has 0 bridgehead atoms. The van der Waals surface area contributed by atoms with Gasteiger partial charge in [-0.2, -0.15) is 18.3 Å². The van der Waals surface area contributed by atoms with E-state index in [4.69, 9.17) is 0 Å². The molecule has 3 rings (SSSR count). The van der Waals surface area contributed by atoms with Crippen LogP contribution >= 0.6 is 0 Å². The molecule has 0 spiro atoms. The predicted molar refractivity (Wildman–Crippen MR) is 88.0 cm³/mol. The van der Waals surface area contributed by atoms with E-state index in [1.165, 1.54) is 12.1 Å². The van der Waals surface area contributed by atoms with Gasteiger partial charge in [-0.3, -0.25) is 9.58 Å². The zero-order valence-corrected chi connectivity index (χ0v) is 14.1. The number of alkyl halides is 3.